The Labute approximate surface area is 130 Å². The van der Waals surface area contributed by atoms with Gasteiger partial charge in [-0.05, 0) is 18.3 Å². The van der Waals surface area contributed by atoms with Gasteiger partial charge in [0.05, 0.1) is 6.61 Å². The Morgan fingerprint density at radius 1 is 1.05 bits per heavy atom. The molecular formula is C14H27N3O5. The zero-order valence-electron chi connectivity index (χ0n) is 13.5. The minimum absolute atomic E-state index is 0.0938. The van der Waals surface area contributed by atoms with Crippen molar-refractivity contribution in [2.75, 3.05) is 6.61 Å². The molecule has 0 aromatic heterocycles. The molecule has 8 heteroatoms. The minimum Gasteiger partial charge on any atom is -0.480 e. The van der Waals surface area contributed by atoms with Gasteiger partial charge in [0, 0.05) is 0 Å². The van der Waals surface area contributed by atoms with Crippen molar-refractivity contribution in [3.63, 3.8) is 0 Å². The molecule has 6 N–H and O–H groups in total. The number of hydrogen-bond acceptors (Lipinski definition) is 5. The summed E-state index contributed by atoms with van der Waals surface area (Å²) in [7, 11) is 0. The minimum atomic E-state index is -1.13. The van der Waals surface area contributed by atoms with Crippen LogP contribution in [0.15, 0.2) is 0 Å². The second-order valence-corrected chi connectivity index (χ2v) is 6.05. The number of rotatable bonds is 9. The van der Waals surface area contributed by atoms with Crippen LogP contribution >= 0.6 is 0 Å². The Morgan fingerprint density at radius 3 is 1.95 bits per heavy atom. The Bertz CT molecular complexity index is 398. The molecule has 22 heavy (non-hydrogen) atoms. The topological polar surface area (TPSA) is 142 Å². The van der Waals surface area contributed by atoms with Gasteiger partial charge in [0.15, 0.2) is 0 Å². The summed E-state index contributed by atoms with van der Waals surface area (Å²) in [5.41, 5.74) is 5.39. The van der Waals surface area contributed by atoms with E-state index in [1.54, 1.807) is 13.8 Å². The Balaban J connectivity index is 4.91. The van der Waals surface area contributed by atoms with E-state index in [0.717, 1.165) is 0 Å². The van der Waals surface area contributed by atoms with E-state index in [1.165, 1.54) is 0 Å². The van der Waals surface area contributed by atoms with Crippen LogP contribution in [0.2, 0.25) is 0 Å². The van der Waals surface area contributed by atoms with Gasteiger partial charge in [-0.15, -0.1) is 0 Å². The molecule has 2 amide bonds. The van der Waals surface area contributed by atoms with Crippen LogP contribution in [-0.2, 0) is 14.4 Å². The van der Waals surface area contributed by atoms with Crippen LogP contribution in [-0.4, -0.2) is 52.7 Å². The Morgan fingerprint density at radius 2 is 1.59 bits per heavy atom. The van der Waals surface area contributed by atoms with Crippen molar-refractivity contribution in [2.45, 2.75) is 52.2 Å². The molecule has 0 aliphatic heterocycles. The van der Waals surface area contributed by atoms with Gasteiger partial charge in [0.2, 0.25) is 11.8 Å². The maximum Gasteiger partial charge on any atom is 0.326 e. The summed E-state index contributed by atoms with van der Waals surface area (Å²) in [6.45, 7) is 6.60. The van der Waals surface area contributed by atoms with Gasteiger partial charge >= 0.3 is 5.97 Å². The van der Waals surface area contributed by atoms with Crippen LogP contribution in [0.1, 0.15) is 34.1 Å². The third kappa shape index (κ3) is 6.86. The van der Waals surface area contributed by atoms with Gasteiger partial charge in [-0.2, -0.15) is 0 Å². The molecule has 0 heterocycles. The first-order valence-corrected chi connectivity index (χ1v) is 7.30. The monoisotopic (exact) mass is 317 g/mol. The quantitative estimate of drug-likeness (QED) is 0.372. The van der Waals surface area contributed by atoms with Gasteiger partial charge in [0.1, 0.15) is 18.1 Å². The lowest BCUT2D eigenvalue weighted by Crippen LogP contribution is -2.57. The highest BCUT2D eigenvalue weighted by molar-refractivity contribution is 5.91. The van der Waals surface area contributed by atoms with Crippen LogP contribution in [0.5, 0.6) is 0 Å². The number of aliphatic carboxylic acids is 1. The molecule has 0 rings (SSSR count). The third-order valence-corrected chi connectivity index (χ3v) is 3.10. The summed E-state index contributed by atoms with van der Waals surface area (Å²) in [5, 5.41) is 22.9. The normalized spacial score (nSPS) is 15.3. The third-order valence-electron chi connectivity index (χ3n) is 3.10. The van der Waals surface area contributed by atoms with Gasteiger partial charge in [-0.25, -0.2) is 4.79 Å². The fraction of sp³-hybridized carbons (Fsp3) is 0.786. The fourth-order valence-electron chi connectivity index (χ4n) is 1.83. The number of nitrogens with one attached hydrogen (secondary N) is 2. The smallest absolute Gasteiger partial charge is 0.326 e. The highest BCUT2D eigenvalue weighted by atomic mass is 16.4. The number of amides is 2. The molecule has 0 aromatic carbocycles. The van der Waals surface area contributed by atoms with E-state index < -0.39 is 42.5 Å². The number of carboxylic acid groups (broad SMARTS) is 1. The summed E-state index contributed by atoms with van der Waals surface area (Å²) >= 11 is 0. The second-order valence-electron chi connectivity index (χ2n) is 6.05. The molecule has 0 saturated heterocycles. The van der Waals surface area contributed by atoms with Crippen molar-refractivity contribution in [2.24, 2.45) is 17.6 Å². The fourth-order valence-corrected chi connectivity index (χ4v) is 1.83. The van der Waals surface area contributed by atoms with Gasteiger partial charge in [0.25, 0.3) is 0 Å². The van der Waals surface area contributed by atoms with Crippen molar-refractivity contribution in [3.05, 3.63) is 0 Å². The maximum absolute atomic E-state index is 12.2. The first-order chi connectivity index (χ1) is 10.1. The largest absolute Gasteiger partial charge is 0.480 e. The molecule has 0 bridgehead atoms. The predicted molar refractivity (Wildman–Crippen MR) is 80.9 cm³/mol. The van der Waals surface area contributed by atoms with Gasteiger partial charge in [-0.1, -0.05) is 27.7 Å². The highest BCUT2D eigenvalue weighted by Crippen LogP contribution is 2.08. The molecule has 0 spiro atoms. The highest BCUT2D eigenvalue weighted by Gasteiger charge is 2.29. The number of carboxylic acids is 1. The molecule has 0 aliphatic rings. The number of carbonyl (C=O) groups excluding carboxylic acids is 2. The number of aliphatic hydroxyl groups excluding tert-OH is 1. The van der Waals surface area contributed by atoms with Crippen LogP contribution < -0.4 is 16.4 Å². The molecule has 0 aromatic rings. The van der Waals surface area contributed by atoms with Crippen LogP contribution in [0.4, 0.5) is 0 Å². The van der Waals surface area contributed by atoms with Gasteiger partial charge in [-0.3, -0.25) is 9.59 Å². The summed E-state index contributed by atoms with van der Waals surface area (Å²) < 4.78 is 0. The molecule has 128 valence electrons. The predicted octanol–water partition coefficient (Wildman–Crippen LogP) is -0.938. The first kappa shape index (κ1) is 20.3. The number of hydrogen-bond donors (Lipinski definition) is 5. The van der Waals surface area contributed by atoms with Crippen LogP contribution in [0, 0.1) is 11.8 Å². The standard InChI is InChI=1S/C14H27N3O5/c1-7(2)5-10(14(21)22)16-13(20)11(8(3)4)17-12(19)9(15)6-18/h7-11,18H,5-6,15H2,1-4H3,(H,16,20)(H,17,19)(H,21,22). The lowest BCUT2D eigenvalue weighted by atomic mass is 10.00. The molecule has 3 atom stereocenters. The summed E-state index contributed by atoms with van der Waals surface area (Å²) in [6, 6.07) is -3.06. The SMILES string of the molecule is CC(C)CC(NC(=O)C(NC(=O)C(N)CO)C(C)C)C(=O)O. The van der Waals surface area contributed by atoms with Crippen LogP contribution in [0.3, 0.4) is 0 Å². The van der Waals surface area contributed by atoms with E-state index in [9.17, 15) is 14.4 Å². The van der Waals surface area contributed by atoms with Crippen molar-refractivity contribution >= 4 is 17.8 Å². The molecule has 0 saturated carbocycles. The van der Waals surface area contributed by atoms with E-state index in [0.29, 0.717) is 0 Å². The van der Waals surface area contributed by atoms with Crippen molar-refractivity contribution in [3.8, 4) is 0 Å². The summed E-state index contributed by atoms with van der Waals surface area (Å²) in [5.74, 6) is -2.53. The molecule has 0 radical (unpaired) electrons. The number of carbonyl (C=O) groups is 3. The Kier molecular flexibility index (Phi) is 8.66. The molecular weight excluding hydrogens is 290 g/mol. The number of aliphatic hydroxyl groups is 1. The second kappa shape index (κ2) is 9.37. The average Bonchev–Trinajstić information content (AvgIpc) is 2.41. The van der Waals surface area contributed by atoms with Crippen LogP contribution in [0.25, 0.3) is 0 Å². The van der Waals surface area contributed by atoms with E-state index in [-0.39, 0.29) is 18.3 Å². The Hall–Kier alpha value is -1.67. The van der Waals surface area contributed by atoms with E-state index >= 15 is 0 Å². The molecule has 8 nitrogen and oxygen atoms in total. The molecule has 3 unspecified atom stereocenters. The summed E-state index contributed by atoms with van der Waals surface area (Å²) in [6.07, 6.45) is 0.288. The average molecular weight is 317 g/mol. The van der Waals surface area contributed by atoms with Gasteiger partial charge < -0.3 is 26.6 Å². The van der Waals surface area contributed by atoms with Crippen molar-refractivity contribution in [1.29, 1.82) is 0 Å². The maximum atomic E-state index is 12.2. The first-order valence-electron chi connectivity index (χ1n) is 7.30. The van der Waals surface area contributed by atoms with Crippen molar-refractivity contribution < 1.29 is 24.6 Å². The lowest BCUT2D eigenvalue weighted by Gasteiger charge is -2.25. The molecule has 0 aliphatic carbocycles. The van der Waals surface area contributed by atoms with Crippen molar-refractivity contribution in [1.82, 2.24) is 10.6 Å². The van der Waals surface area contributed by atoms with E-state index in [4.69, 9.17) is 15.9 Å². The number of nitrogens with two attached hydrogens (primary N) is 1. The van der Waals surface area contributed by atoms with E-state index in [1.807, 2.05) is 13.8 Å². The zero-order valence-corrected chi connectivity index (χ0v) is 13.5. The molecule has 0 fully saturated rings. The summed E-state index contributed by atoms with van der Waals surface area (Å²) in [4.78, 5) is 35.1. The van der Waals surface area contributed by atoms with E-state index in [2.05, 4.69) is 10.6 Å². The lowest BCUT2D eigenvalue weighted by molar-refractivity contribution is -0.143. The zero-order chi connectivity index (χ0) is 17.4.